The molecule has 0 heterocycles. The lowest BCUT2D eigenvalue weighted by molar-refractivity contribution is -0.384. The van der Waals surface area contributed by atoms with Crippen molar-refractivity contribution in [1.82, 2.24) is 0 Å². The van der Waals surface area contributed by atoms with Crippen molar-refractivity contribution >= 4 is 11.7 Å². The largest absolute Gasteiger partial charge is 0.466 e. The number of nitrogens with two attached hydrogens (primary N) is 1. The fourth-order valence-corrected chi connectivity index (χ4v) is 1.54. The highest BCUT2D eigenvalue weighted by molar-refractivity contribution is 5.69. The summed E-state index contributed by atoms with van der Waals surface area (Å²) in [5.41, 5.74) is 6.52. The summed E-state index contributed by atoms with van der Waals surface area (Å²) < 4.78 is 4.79. The van der Waals surface area contributed by atoms with Crippen molar-refractivity contribution < 1.29 is 14.5 Å². The molecule has 0 aliphatic carbocycles. The molecule has 0 radical (unpaired) electrons. The second-order valence-electron chi connectivity index (χ2n) is 3.80. The number of nitro benzene ring substituents is 1. The minimum absolute atomic E-state index is 0.000847. The molecule has 1 atom stereocenters. The SMILES string of the molecule is CCOC(=O)CC[C@@H](N)c1cccc([N+](=O)[O-])c1. The standard InChI is InChI=1S/C12H16N2O4/c1-2-18-12(15)7-6-11(13)9-4-3-5-10(8-9)14(16)17/h3-5,8,11H,2,6-7,13H2,1H3/t11-/m1/s1. The van der Waals surface area contributed by atoms with E-state index < -0.39 is 11.0 Å². The van der Waals surface area contributed by atoms with E-state index in [4.69, 9.17) is 10.5 Å². The van der Waals surface area contributed by atoms with Gasteiger partial charge >= 0.3 is 5.97 Å². The molecule has 0 fully saturated rings. The number of ether oxygens (including phenoxy) is 1. The van der Waals surface area contributed by atoms with Crippen LogP contribution in [0.15, 0.2) is 24.3 Å². The minimum Gasteiger partial charge on any atom is -0.466 e. The van der Waals surface area contributed by atoms with Gasteiger partial charge in [-0.1, -0.05) is 12.1 Å². The van der Waals surface area contributed by atoms with E-state index >= 15 is 0 Å². The first kappa shape index (κ1) is 14.1. The highest BCUT2D eigenvalue weighted by Crippen LogP contribution is 2.20. The van der Waals surface area contributed by atoms with E-state index in [1.807, 2.05) is 0 Å². The Morgan fingerprint density at radius 3 is 2.89 bits per heavy atom. The van der Waals surface area contributed by atoms with Gasteiger partial charge in [-0.05, 0) is 18.9 Å². The quantitative estimate of drug-likeness (QED) is 0.474. The number of nitro groups is 1. The summed E-state index contributed by atoms with van der Waals surface area (Å²) in [5, 5.41) is 10.6. The summed E-state index contributed by atoms with van der Waals surface area (Å²) in [4.78, 5) is 21.3. The van der Waals surface area contributed by atoms with Crippen molar-refractivity contribution in [2.24, 2.45) is 5.73 Å². The van der Waals surface area contributed by atoms with Gasteiger partial charge in [0.2, 0.25) is 0 Å². The van der Waals surface area contributed by atoms with E-state index in [2.05, 4.69) is 0 Å². The first-order chi connectivity index (χ1) is 8.54. The average molecular weight is 252 g/mol. The minimum atomic E-state index is -0.471. The third kappa shape index (κ3) is 4.14. The lowest BCUT2D eigenvalue weighted by Gasteiger charge is -2.11. The predicted octanol–water partition coefficient (Wildman–Crippen LogP) is 1.94. The van der Waals surface area contributed by atoms with Crippen LogP contribution in [-0.2, 0) is 9.53 Å². The molecule has 1 aromatic carbocycles. The molecular formula is C12H16N2O4. The third-order valence-corrected chi connectivity index (χ3v) is 2.47. The Morgan fingerprint density at radius 1 is 1.56 bits per heavy atom. The molecule has 0 saturated carbocycles. The predicted molar refractivity (Wildman–Crippen MR) is 65.9 cm³/mol. The molecule has 0 unspecified atom stereocenters. The van der Waals surface area contributed by atoms with Crippen LogP contribution in [0.25, 0.3) is 0 Å². The molecule has 0 spiro atoms. The number of benzene rings is 1. The van der Waals surface area contributed by atoms with Gasteiger partial charge in [-0.15, -0.1) is 0 Å². The number of nitrogens with zero attached hydrogens (tertiary/aromatic N) is 1. The zero-order valence-corrected chi connectivity index (χ0v) is 10.2. The monoisotopic (exact) mass is 252 g/mol. The first-order valence-corrected chi connectivity index (χ1v) is 5.70. The molecule has 0 aliphatic rings. The van der Waals surface area contributed by atoms with Crippen LogP contribution in [0.5, 0.6) is 0 Å². The maximum absolute atomic E-state index is 11.2. The number of non-ortho nitro benzene ring substituents is 1. The van der Waals surface area contributed by atoms with Gasteiger partial charge < -0.3 is 10.5 Å². The van der Waals surface area contributed by atoms with E-state index in [1.54, 1.807) is 19.1 Å². The molecule has 18 heavy (non-hydrogen) atoms. The Balaban J connectivity index is 2.61. The Kier molecular flexibility index (Phi) is 5.26. The summed E-state index contributed by atoms with van der Waals surface area (Å²) in [5.74, 6) is -0.307. The van der Waals surface area contributed by atoms with Crippen LogP contribution in [0.1, 0.15) is 31.4 Å². The molecule has 0 saturated heterocycles. The van der Waals surface area contributed by atoms with E-state index in [-0.39, 0.29) is 18.1 Å². The van der Waals surface area contributed by atoms with E-state index in [1.165, 1.54) is 12.1 Å². The van der Waals surface area contributed by atoms with Crippen LogP contribution in [0.2, 0.25) is 0 Å². The summed E-state index contributed by atoms with van der Waals surface area (Å²) in [7, 11) is 0. The normalized spacial score (nSPS) is 11.9. The molecule has 6 heteroatoms. The summed E-state index contributed by atoms with van der Waals surface area (Å²) in [6.45, 7) is 2.07. The van der Waals surface area contributed by atoms with Crippen LogP contribution >= 0.6 is 0 Å². The summed E-state index contributed by atoms with van der Waals surface area (Å²) in [6, 6.07) is 5.71. The number of carbonyl (C=O) groups is 1. The number of carbonyl (C=O) groups excluding carboxylic acids is 1. The van der Waals surface area contributed by atoms with Gasteiger partial charge in [0.15, 0.2) is 0 Å². The lowest BCUT2D eigenvalue weighted by Crippen LogP contribution is -2.13. The van der Waals surface area contributed by atoms with Crippen LogP contribution in [0, 0.1) is 10.1 Å². The molecule has 0 amide bonds. The van der Waals surface area contributed by atoms with Crippen LogP contribution in [-0.4, -0.2) is 17.5 Å². The Bertz CT molecular complexity index is 434. The van der Waals surface area contributed by atoms with Gasteiger partial charge in [-0.3, -0.25) is 14.9 Å². The second-order valence-corrected chi connectivity index (χ2v) is 3.80. The molecule has 2 N–H and O–H groups in total. The highest BCUT2D eigenvalue weighted by Gasteiger charge is 2.13. The smallest absolute Gasteiger partial charge is 0.305 e. The maximum Gasteiger partial charge on any atom is 0.305 e. The lowest BCUT2D eigenvalue weighted by atomic mass is 10.0. The first-order valence-electron chi connectivity index (χ1n) is 5.70. The molecule has 0 aromatic heterocycles. The average Bonchev–Trinajstić information content (AvgIpc) is 2.36. The van der Waals surface area contributed by atoms with Crippen molar-refractivity contribution in [2.45, 2.75) is 25.8 Å². The van der Waals surface area contributed by atoms with Gasteiger partial charge in [-0.25, -0.2) is 0 Å². The fraction of sp³-hybridized carbons (Fsp3) is 0.417. The molecule has 0 bridgehead atoms. The highest BCUT2D eigenvalue weighted by atomic mass is 16.6. The number of esters is 1. The van der Waals surface area contributed by atoms with Crippen molar-refractivity contribution in [2.75, 3.05) is 6.61 Å². The Morgan fingerprint density at radius 2 is 2.28 bits per heavy atom. The Hall–Kier alpha value is -1.95. The summed E-state index contributed by atoms with van der Waals surface area (Å²) in [6.07, 6.45) is 0.609. The molecule has 0 aliphatic heterocycles. The molecule has 1 aromatic rings. The number of hydrogen-bond acceptors (Lipinski definition) is 5. The zero-order valence-electron chi connectivity index (χ0n) is 10.2. The van der Waals surface area contributed by atoms with Crippen molar-refractivity contribution in [3.05, 3.63) is 39.9 Å². The van der Waals surface area contributed by atoms with Crippen molar-refractivity contribution in [3.63, 3.8) is 0 Å². The van der Waals surface area contributed by atoms with E-state index in [0.717, 1.165) is 0 Å². The van der Waals surface area contributed by atoms with E-state index in [0.29, 0.717) is 18.6 Å². The van der Waals surface area contributed by atoms with Gasteiger partial charge in [0.1, 0.15) is 0 Å². The molecule has 6 nitrogen and oxygen atoms in total. The van der Waals surface area contributed by atoms with Gasteiger partial charge in [0, 0.05) is 24.6 Å². The molecule has 1 rings (SSSR count). The van der Waals surface area contributed by atoms with Gasteiger partial charge in [0.25, 0.3) is 5.69 Å². The van der Waals surface area contributed by atoms with Gasteiger partial charge in [-0.2, -0.15) is 0 Å². The summed E-state index contributed by atoms with van der Waals surface area (Å²) >= 11 is 0. The maximum atomic E-state index is 11.2. The Labute approximate surface area is 105 Å². The fourth-order valence-electron chi connectivity index (χ4n) is 1.54. The van der Waals surface area contributed by atoms with Gasteiger partial charge in [0.05, 0.1) is 11.5 Å². The third-order valence-electron chi connectivity index (χ3n) is 2.47. The number of rotatable bonds is 6. The molecular weight excluding hydrogens is 236 g/mol. The van der Waals surface area contributed by atoms with E-state index in [9.17, 15) is 14.9 Å². The van der Waals surface area contributed by atoms with Crippen molar-refractivity contribution in [1.29, 1.82) is 0 Å². The zero-order chi connectivity index (χ0) is 13.5. The van der Waals surface area contributed by atoms with Crippen molar-refractivity contribution in [3.8, 4) is 0 Å². The number of hydrogen-bond donors (Lipinski definition) is 1. The van der Waals surface area contributed by atoms with Crippen LogP contribution in [0.3, 0.4) is 0 Å². The van der Waals surface area contributed by atoms with Crippen LogP contribution < -0.4 is 5.73 Å². The van der Waals surface area contributed by atoms with Crippen LogP contribution in [0.4, 0.5) is 5.69 Å². The molecule has 98 valence electrons. The second kappa shape index (κ2) is 6.70. The topological polar surface area (TPSA) is 95.5 Å².